The van der Waals surface area contributed by atoms with Crippen molar-refractivity contribution in [1.29, 1.82) is 0 Å². The maximum atomic E-state index is 13.3. The van der Waals surface area contributed by atoms with E-state index in [-0.39, 0.29) is 16.5 Å². The minimum absolute atomic E-state index is 0.190. The molecule has 2 heterocycles. The highest BCUT2D eigenvalue weighted by Crippen LogP contribution is 2.25. The molecule has 2 aromatic carbocycles. The summed E-state index contributed by atoms with van der Waals surface area (Å²) in [6.45, 7) is 6.01. The lowest BCUT2D eigenvalue weighted by atomic mass is 10.1. The molecule has 32 heavy (non-hydrogen) atoms. The fourth-order valence-electron chi connectivity index (χ4n) is 3.80. The summed E-state index contributed by atoms with van der Waals surface area (Å²) < 4.78 is 28.8. The summed E-state index contributed by atoms with van der Waals surface area (Å²) in [5.41, 5.74) is 2.13. The van der Waals surface area contributed by atoms with Crippen LogP contribution in [0.1, 0.15) is 21.5 Å². The van der Waals surface area contributed by atoms with Gasteiger partial charge in [0.2, 0.25) is 0 Å². The molecule has 0 aliphatic carbocycles. The predicted molar refractivity (Wildman–Crippen MR) is 126 cm³/mol. The van der Waals surface area contributed by atoms with E-state index in [4.69, 9.17) is 0 Å². The van der Waals surface area contributed by atoms with E-state index >= 15 is 0 Å². The van der Waals surface area contributed by atoms with Crippen molar-refractivity contribution in [3.05, 3.63) is 83.6 Å². The van der Waals surface area contributed by atoms with Gasteiger partial charge in [0.05, 0.1) is 16.1 Å². The number of carbonyl (C=O) groups excluding carboxylic acids is 1. The van der Waals surface area contributed by atoms with E-state index in [2.05, 4.69) is 14.6 Å². The summed E-state index contributed by atoms with van der Waals surface area (Å²) in [6, 6.07) is 17.8. The average Bonchev–Trinajstić information content (AvgIpc) is 2.81. The Balaban J connectivity index is 1.52. The number of sulfonamides is 1. The Morgan fingerprint density at radius 3 is 2.38 bits per heavy atom. The van der Waals surface area contributed by atoms with Gasteiger partial charge in [0, 0.05) is 32.4 Å². The molecule has 3 aromatic rings. The molecule has 4 rings (SSSR count). The molecule has 0 radical (unpaired) electrons. The summed E-state index contributed by atoms with van der Waals surface area (Å²) in [6.07, 6.45) is 1.76. The number of hydrogen-bond acceptors (Lipinski definition) is 5. The van der Waals surface area contributed by atoms with Gasteiger partial charge in [0.1, 0.15) is 5.82 Å². The van der Waals surface area contributed by atoms with Crippen molar-refractivity contribution < 1.29 is 13.2 Å². The van der Waals surface area contributed by atoms with Gasteiger partial charge in [0.15, 0.2) is 0 Å². The first kappa shape index (κ1) is 21.8. The molecule has 1 amide bonds. The molecule has 0 spiro atoms. The van der Waals surface area contributed by atoms with Crippen molar-refractivity contribution in [3.8, 4) is 0 Å². The van der Waals surface area contributed by atoms with Crippen molar-refractivity contribution in [3.63, 3.8) is 0 Å². The number of para-hydroxylation sites is 1. The van der Waals surface area contributed by atoms with Crippen molar-refractivity contribution in [1.82, 2.24) is 9.88 Å². The van der Waals surface area contributed by atoms with Crippen molar-refractivity contribution in [2.75, 3.05) is 35.8 Å². The maximum absolute atomic E-state index is 13.3. The number of hydrogen-bond donors (Lipinski definition) is 1. The first-order valence-electron chi connectivity index (χ1n) is 10.5. The minimum Gasteiger partial charge on any atom is -0.353 e. The Bertz CT molecular complexity index is 1220. The molecular formula is C24H26N4O3S. The molecule has 1 aliphatic heterocycles. The number of aromatic nitrogens is 1. The summed E-state index contributed by atoms with van der Waals surface area (Å²) in [7, 11) is -3.84. The monoisotopic (exact) mass is 450 g/mol. The van der Waals surface area contributed by atoms with Crippen molar-refractivity contribution in [2.24, 2.45) is 0 Å². The second-order valence-corrected chi connectivity index (χ2v) is 9.54. The average molecular weight is 451 g/mol. The van der Waals surface area contributed by atoms with Crippen LogP contribution in [0, 0.1) is 13.8 Å². The minimum atomic E-state index is -3.84. The van der Waals surface area contributed by atoms with Crippen molar-refractivity contribution in [2.45, 2.75) is 18.7 Å². The van der Waals surface area contributed by atoms with Gasteiger partial charge in [-0.1, -0.05) is 30.3 Å². The van der Waals surface area contributed by atoms with Crippen LogP contribution < -0.4 is 9.62 Å². The number of nitrogens with one attached hydrogen (secondary N) is 1. The van der Waals surface area contributed by atoms with Crippen molar-refractivity contribution >= 4 is 27.4 Å². The smallest absolute Gasteiger partial charge is 0.262 e. The first-order valence-corrected chi connectivity index (χ1v) is 12.0. The second kappa shape index (κ2) is 9.00. The highest BCUT2D eigenvalue weighted by Gasteiger charge is 2.26. The zero-order valence-corrected chi connectivity index (χ0v) is 19.0. The Hall–Kier alpha value is -3.39. The summed E-state index contributed by atoms with van der Waals surface area (Å²) >= 11 is 0. The molecule has 1 N–H and O–H groups in total. The topological polar surface area (TPSA) is 82.6 Å². The molecule has 0 bridgehead atoms. The predicted octanol–water partition coefficient (Wildman–Crippen LogP) is 3.46. The number of amides is 1. The molecule has 8 heteroatoms. The Kier molecular flexibility index (Phi) is 6.14. The highest BCUT2D eigenvalue weighted by molar-refractivity contribution is 7.92. The molecule has 1 aliphatic rings. The lowest BCUT2D eigenvalue weighted by Gasteiger charge is -2.35. The standard InChI is InChI=1S/C24H26N4O3S/c1-18-10-11-19(2)22(17-18)32(30,31)26-21-8-4-3-7-20(21)24(29)28-15-13-27(14-16-28)23-9-5-6-12-25-23/h3-12,17,26H,13-16H2,1-2H3. The number of pyridine rings is 1. The van der Waals surface area contributed by atoms with Gasteiger partial charge in [-0.15, -0.1) is 0 Å². The third-order valence-corrected chi connectivity index (χ3v) is 7.08. The lowest BCUT2D eigenvalue weighted by Crippen LogP contribution is -2.49. The van der Waals surface area contributed by atoms with Crippen LogP contribution in [0.5, 0.6) is 0 Å². The number of anilines is 2. The van der Waals surface area contributed by atoms with Gasteiger partial charge in [-0.25, -0.2) is 13.4 Å². The molecule has 0 unspecified atom stereocenters. The largest absolute Gasteiger partial charge is 0.353 e. The summed E-state index contributed by atoms with van der Waals surface area (Å²) in [5, 5.41) is 0. The third-order valence-electron chi connectivity index (χ3n) is 5.58. The second-order valence-electron chi connectivity index (χ2n) is 7.89. The van der Waals surface area contributed by atoms with Gasteiger partial charge in [0.25, 0.3) is 15.9 Å². The molecule has 1 saturated heterocycles. The van der Waals surface area contributed by atoms with Crippen LogP contribution in [0.25, 0.3) is 0 Å². The van der Waals surface area contributed by atoms with Crippen LogP contribution in [-0.4, -0.2) is 50.4 Å². The van der Waals surface area contributed by atoms with E-state index in [0.717, 1.165) is 11.4 Å². The number of benzene rings is 2. The fraction of sp³-hybridized carbons (Fsp3) is 0.250. The molecule has 7 nitrogen and oxygen atoms in total. The highest BCUT2D eigenvalue weighted by atomic mass is 32.2. The van der Waals surface area contributed by atoms with E-state index in [0.29, 0.717) is 37.3 Å². The van der Waals surface area contributed by atoms with Crippen LogP contribution in [0.2, 0.25) is 0 Å². The van der Waals surface area contributed by atoms with E-state index in [1.54, 1.807) is 54.4 Å². The van der Waals surface area contributed by atoms with E-state index in [1.807, 2.05) is 31.2 Å². The maximum Gasteiger partial charge on any atom is 0.262 e. The SMILES string of the molecule is Cc1ccc(C)c(S(=O)(=O)Nc2ccccc2C(=O)N2CCN(c3ccccn3)CC2)c1. The molecule has 0 atom stereocenters. The van der Waals surface area contributed by atoms with Crippen LogP contribution in [0.15, 0.2) is 71.8 Å². The number of carbonyl (C=O) groups is 1. The molecular weight excluding hydrogens is 424 g/mol. The molecule has 1 aromatic heterocycles. The number of nitrogens with zero attached hydrogens (tertiary/aromatic N) is 3. The number of aryl methyl sites for hydroxylation is 2. The summed E-state index contributed by atoms with van der Waals surface area (Å²) in [4.78, 5) is 21.7. The van der Waals surface area contributed by atoms with E-state index in [1.165, 1.54) is 0 Å². The van der Waals surface area contributed by atoms with Crippen LogP contribution in [0.3, 0.4) is 0 Å². The Labute approximate surface area is 188 Å². The van der Waals surface area contributed by atoms with Crippen LogP contribution in [-0.2, 0) is 10.0 Å². The van der Waals surface area contributed by atoms with Gasteiger partial charge in [-0.05, 0) is 55.3 Å². The number of piperazine rings is 1. The quantitative estimate of drug-likeness (QED) is 0.644. The van der Waals surface area contributed by atoms with E-state index < -0.39 is 10.0 Å². The summed E-state index contributed by atoms with van der Waals surface area (Å²) in [5.74, 6) is 0.700. The van der Waals surface area contributed by atoms with E-state index in [9.17, 15) is 13.2 Å². The molecule has 0 saturated carbocycles. The van der Waals surface area contributed by atoms with Gasteiger partial charge in [-0.2, -0.15) is 0 Å². The van der Waals surface area contributed by atoms with Gasteiger partial charge in [-0.3, -0.25) is 9.52 Å². The zero-order valence-electron chi connectivity index (χ0n) is 18.2. The van der Waals surface area contributed by atoms with Gasteiger partial charge < -0.3 is 9.80 Å². The van der Waals surface area contributed by atoms with Crippen LogP contribution >= 0.6 is 0 Å². The lowest BCUT2D eigenvalue weighted by molar-refractivity contribution is 0.0747. The Morgan fingerprint density at radius 2 is 1.66 bits per heavy atom. The molecule has 1 fully saturated rings. The van der Waals surface area contributed by atoms with Gasteiger partial charge >= 0.3 is 0 Å². The first-order chi connectivity index (χ1) is 15.3. The molecule has 166 valence electrons. The normalized spacial score (nSPS) is 14.3. The zero-order chi connectivity index (χ0) is 22.7. The fourth-order valence-corrected chi connectivity index (χ4v) is 5.22. The van der Waals surface area contributed by atoms with Crippen LogP contribution in [0.4, 0.5) is 11.5 Å². The Morgan fingerprint density at radius 1 is 0.938 bits per heavy atom. The third kappa shape index (κ3) is 4.60. The number of rotatable bonds is 5.